The predicted molar refractivity (Wildman–Crippen MR) is 104 cm³/mol. The molecule has 0 bridgehead atoms. The Morgan fingerprint density at radius 3 is 2.36 bits per heavy atom. The summed E-state index contributed by atoms with van der Waals surface area (Å²) in [5.74, 6) is -1.36. The summed E-state index contributed by atoms with van der Waals surface area (Å²) in [4.78, 5) is 11.9. The maximum absolute atomic E-state index is 13.8. The molecule has 11 heteroatoms. The molecule has 0 aromatic heterocycles. The van der Waals surface area contributed by atoms with E-state index < -0.39 is 38.3 Å². The van der Waals surface area contributed by atoms with Crippen molar-refractivity contribution in [3.8, 4) is 0 Å². The summed E-state index contributed by atoms with van der Waals surface area (Å²) >= 11 is 0. The normalized spacial score (nSPS) is 12.0. The van der Waals surface area contributed by atoms with Gasteiger partial charge in [-0.3, -0.25) is 9.52 Å². The van der Waals surface area contributed by atoms with Crippen molar-refractivity contribution in [2.45, 2.75) is 11.8 Å². The highest BCUT2D eigenvalue weighted by Gasteiger charge is 2.20. The van der Waals surface area contributed by atoms with Gasteiger partial charge in [0.25, 0.3) is 10.0 Å². The highest BCUT2D eigenvalue weighted by Crippen LogP contribution is 2.24. The summed E-state index contributed by atoms with van der Waals surface area (Å²) < 4.78 is 64.8. The molecule has 0 heterocycles. The summed E-state index contributed by atoms with van der Waals surface area (Å²) in [5.41, 5.74) is 0.340. The van der Waals surface area contributed by atoms with Gasteiger partial charge in [0.2, 0.25) is 15.9 Å². The Kier molecular flexibility index (Phi) is 6.42. The van der Waals surface area contributed by atoms with Crippen LogP contribution in [0, 0.1) is 12.7 Å². The zero-order chi connectivity index (χ0) is 21.1. The Balaban J connectivity index is 2.25. The molecule has 2 N–H and O–H groups in total. The van der Waals surface area contributed by atoms with Crippen LogP contribution in [0.1, 0.15) is 5.56 Å². The van der Waals surface area contributed by atoms with Crippen LogP contribution < -0.4 is 10.0 Å². The van der Waals surface area contributed by atoms with Gasteiger partial charge in [0.15, 0.2) is 0 Å². The van der Waals surface area contributed by atoms with Crippen LogP contribution >= 0.6 is 0 Å². The third-order valence-corrected chi connectivity index (χ3v) is 6.58. The van der Waals surface area contributed by atoms with E-state index in [-0.39, 0.29) is 16.3 Å². The Bertz CT molecular complexity index is 1100. The van der Waals surface area contributed by atoms with Crippen LogP contribution in [0.2, 0.25) is 0 Å². The van der Waals surface area contributed by atoms with Gasteiger partial charge in [-0.05, 0) is 36.8 Å². The minimum Gasteiger partial charge on any atom is -0.325 e. The molecule has 0 unspecified atom stereocenters. The number of rotatable bonds is 7. The first-order chi connectivity index (χ1) is 12.9. The zero-order valence-electron chi connectivity index (χ0n) is 15.4. The number of carbonyl (C=O) groups is 1. The van der Waals surface area contributed by atoms with Crippen molar-refractivity contribution in [2.24, 2.45) is 0 Å². The molecule has 0 saturated carbocycles. The lowest BCUT2D eigenvalue weighted by atomic mass is 10.2. The molecule has 0 aliphatic heterocycles. The first-order valence-electron chi connectivity index (χ1n) is 7.99. The third-order valence-electron chi connectivity index (χ3n) is 3.81. The number of nitrogens with zero attached hydrogens (tertiary/aromatic N) is 1. The van der Waals surface area contributed by atoms with Crippen LogP contribution in [0.5, 0.6) is 0 Å². The van der Waals surface area contributed by atoms with Crippen molar-refractivity contribution < 1.29 is 26.0 Å². The average Bonchev–Trinajstić information content (AvgIpc) is 2.57. The van der Waals surface area contributed by atoms with E-state index in [2.05, 4.69) is 10.0 Å². The largest absolute Gasteiger partial charge is 0.325 e. The van der Waals surface area contributed by atoms with Gasteiger partial charge in [-0.1, -0.05) is 18.2 Å². The Labute approximate surface area is 163 Å². The molecule has 0 atom stereocenters. The molecule has 152 valence electrons. The first kappa shape index (κ1) is 21.8. The molecule has 0 aliphatic rings. The molecule has 2 aromatic rings. The molecule has 8 nitrogen and oxygen atoms in total. The Hall–Kier alpha value is -2.50. The quantitative estimate of drug-likeness (QED) is 0.697. The number of aryl methyl sites for hydroxylation is 1. The second-order valence-corrected chi connectivity index (χ2v) is 9.87. The van der Waals surface area contributed by atoms with Gasteiger partial charge < -0.3 is 5.32 Å². The maximum Gasteiger partial charge on any atom is 0.262 e. The smallest absolute Gasteiger partial charge is 0.262 e. The molecule has 0 spiro atoms. The van der Waals surface area contributed by atoms with Gasteiger partial charge in [-0.15, -0.1) is 0 Å². The molecule has 0 saturated heterocycles. The summed E-state index contributed by atoms with van der Waals surface area (Å²) in [7, 11) is -6.41. The highest BCUT2D eigenvalue weighted by molar-refractivity contribution is 7.92. The molecule has 1 amide bonds. The van der Waals surface area contributed by atoms with E-state index in [4.69, 9.17) is 0 Å². The van der Waals surface area contributed by atoms with Crippen LogP contribution in [0.3, 0.4) is 0 Å². The van der Waals surface area contributed by atoms with Gasteiger partial charge in [-0.2, -0.15) is 4.31 Å². The highest BCUT2D eigenvalue weighted by atomic mass is 32.2. The van der Waals surface area contributed by atoms with Gasteiger partial charge in [-0.25, -0.2) is 21.2 Å². The fraction of sp³-hybridized carbons (Fsp3) is 0.235. The lowest BCUT2D eigenvalue weighted by Crippen LogP contribution is -2.34. The van der Waals surface area contributed by atoms with Crippen LogP contribution in [0.25, 0.3) is 0 Å². The minimum atomic E-state index is -4.12. The number of hydrogen-bond acceptors (Lipinski definition) is 5. The molecule has 28 heavy (non-hydrogen) atoms. The van der Waals surface area contributed by atoms with E-state index in [9.17, 15) is 26.0 Å². The average molecular weight is 429 g/mol. The number of carbonyl (C=O) groups excluding carboxylic acids is 1. The summed E-state index contributed by atoms with van der Waals surface area (Å²) in [5, 5.41) is 2.45. The van der Waals surface area contributed by atoms with E-state index in [0.717, 1.165) is 16.6 Å². The van der Waals surface area contributed by atoms with Crippen molar-refractivity contribution in [1.82, 2.24) is 4.31 Å². The van der Waals surface area contributed by atoms with Gasteiger partial charge in [0.05, 0.1) is 23.4 Å². The summed E-state index contributed by atoms with van der Waals surface area (Å²) in [6.45, 7) is 1.13. The van der Waals surface area contributed by atoms with Gasteiger partial charge in [0.1, 0.15) is 5.82 Å². The fourth-order valence-corrected chi connectivity index (χ4v) is 3.92. The summed E-state index contributed by atoms with van der Waals surface area (Å²) in [6.07, 6.45) is 0.964. The summed E-state index contributed by atoms with van der Waals surface area (Å²) in [6, 6.07) is 9.51. The van der Waals surface area contributed by atoms with E-state index >= 15 is 0 Å². The minimum absolute atomic E-state index is 0.148. The van der Waals surface area contributed by atoms with Crippen molar-refractivity contribution >= 4 is 37.3 Å². The molecule has 0 aliphatic carbocycles. The topological polar surface area (TPSA) is 113 Å². The second-order valence-electron chi connectivity index (χ2n) is 6.13. The van der Waals surface area contributed by atoms with Gasteiger partial charge in [0, 0.05) is 12.7 Å². The van der Waals surface area contributed by atoms with Crippen LogP contribution in [0.15, 0.2) is 47.4 Å². The number of benzene rings is 2. The van der Waals surface area contributed by atoms with Gasteiger partial charge >= 0.3 is 0 Å². The zero-order valence-corrected chi connectivity index (χ0v) is 17.1. The number of likely N-dealkylation sites (N-methyl/N-ethyl adjacent to an activating group) is 1. The molecule has 0 fully saturated rings. The molecule has 0 radical (unpaired) electrons. The van der Waals surface area contributed by atoms with Crippen LogP contribution in [0.4, 0.5) is 15.8 Å². The predicted octanol–water partition coefficient (Wildman–Crippen LogP) is 1.76. The van der Waals surface area contributed by atoms with Crippen molar-refractivity contribution in [2.75, 3.05) is 29.9 Å². The number of sulfonamides is 2. The number of halogens is 1. The standard InChI is InChI=1S/C17H20FN3O5S2/c1-12-8-9-13(19-17(22)11-21(2)27(3,23)24)10-16(12)28(25,26)20-15-7-5-4-6-14(15)18/h4-10,20H,11H2,1-3H3,(H,19,22). The SMILES string of the molecule is Cc1ccc(NC(=O)CN(C)S(C)(=O)=O)cc1S(=O)(=O)Nc1ccccc1F. The third kappa shape index (κ3) is 5.50. The van der Waals surface area contributed by atoms with Crippen LogP contribution in [-0.2, 0) is 24.8 Å². The van der Waals surface area contributed by atoms with Crippen molar-refractivity contribution in [3.05, 3.63) is 53.8 Å². The maximum atomic E-state index is 13.8. The van der Waals surface area contributed by atoms with E-state index in [0.29, 0.717) is 5.56 Å². The number of amides is 1. The number of anilines is 2. The number of hydrogen-bond donors (Lipinski definition) is 2. The fourth-order valence-electron chi connectivity index (χ4n) is 2.23. The number of para-hydroxylation sites is 1. The monoisotopic (exact) mass is 429 g/mol. The van der Waals surface area contributed by atoms with E-state index in [1.165, 1.54) is 43.4 Å². The van der Waals surface area contributed by atoms with Crippen molar-refractivity contribution in [1.29, 1.82) is 0 Å². The first-order valence-corrected chi connectivity index (χ1v) is 11.3. The Morgan fingerprint density at radius 1 is 1.11 bits per heavy atom. The Morgan fingerprint density at radius 2 is 1.75 bits per heavy atom. The lowest BCUT2D eigenvalue weighted by molar-refractivity contribution is -0.116. The molecule has 2 aromatic carbocycles. The second kappa shape index (κ2) is 8.25. The lowest BCUT2D eigenvalue weighted by Gasteiger charge is -2.15. The van der Waals surface area contributed by atoms with Crippen molar-refractivity contribution in [3.63, 3.8) is 0 Å². The van der Waals surface area contributed by atoms with Crippen LogP contribution in [-0.4, -0.2) is 46.9 Å². The van der Waals surface area contributed by atoms with E-state index in [1.807, 2.05) is 0 Å². The van der Waals surface area contributed by atoms with E-state index in [1.54, 1.807) is 6.92 Å². The molecular formula is C17H20FN3O5S2. The number of nitrogens with one attached hydrogen (secondary N) is 2. The molecule has 2 rings (SSSR count). The molecular weight excluding hydrogens is 409 g/mol.